The molecule has 0 aliphatic rings. The molecule has 0 aromatic heterocycles. The molecule has 0 atom stereocenters. The van der Waals surface area contributed by atoms with Gasteiger partial charge in [0.15, 0.2) is 0 Å². The molecule has 1 rings (SSSR count). The molecular weight excluding hydrogens is 374 g/mol. The van der Waals surface area contributed by atoms with Gasteiger partial charge in [0, 0.05) is 12.8 Å². The zero-order chi connectivity index (χ0) is 20.5. The van der Waals surface area contributed by atoms with Gasteiger partial charge in [0.1, 0.15) is 5.75 Å². The Labute approximate surface area is 171 Å². The number of ether oxygens (including phenoxy) is 1. The fourth-order valence-corrected chi connectivity index (χ4v) is 3.43. The molecule has 0 saturated heterocycles. The monoisotopic (exact) mass is 411 g/mol. The van der Waals surface area contributed by atoms with Gasteiger partial charge >= 0.3 is 0 Å². The molecule has 0 aliphatic heterocycles. The summed E-state index contributed by atoms with van der Waals surface area (Å²) in [5.41, 5.74) is 0.943. The van der Waals surface area contributed by atoms with Crippen LogP contribution in [-0.2, 0) is 10.1 Å². The van der Waals surface area contributed by atoms with Gasteiger partial charge in [-0.25, -0.2) is 0 Å². The lowest BCUT2D eigenvalue weighted by molar-refractivity contribution is 0.304. The van der Waals surface area contributed by atoms with Gasteiger partial charge < -0.3 is 4.74 Å². The van der Waals surface area contributed by atoms with E-state index in [2.05, 4.69) is 11.9 Å². The Bertz CT molecular complexity index is 626. The summed E-state index contributed by atoms with van der Waals surface area (Å²) in [6.07, 6.45) is 15.2. The molecule has 1 N–H and O–H groups in total. The smallest absolute Gasteiger partial charge is 0.264 e. The van der Waals surface area contributed by atoms with E-state index < -0.39 is 10.1 Å². The Morgan fingerprint density at radius 1 is 0.893 bits per heavy atom. The highest BCUT2D eigenvalue weighted by atomic mass is 32.2. The number of unbranched alkanes of at least 4 members (excludes halogenated alkanes) is 9. The predicted octanol–water partition coefficient (Wildman–Crippen LogP) is 5.68. The van der Waals surface area contributed by atoms with Crippen molar-refractivity contribution in [3.63, 3.8) is 0 Å². The second kappa shape index (κ2) is 15.5. The van der Waals surface area contributed by atoms with E-state index in [1.165, 1.54) is 57.8 Å². The molecule has 0 spiro atoms. The van der Waals surface area contributed by atoms with Crippen molar-refractivity contribution in [2.75, 3.05) is 18.9 Å². The van der Waals surface area contributed by atoms with Crippen LogP contribution in [0.3, 0.4) is 0 Å². The summed E-state index contributed by atoms with van der Waals surface area (Å²) in [6, 6.07) is 7.71. The summed E-state index contributed by atoms with van der Waals surface area (Å²) in [4.78, 5) is 4.16. The van der Waals surface area contributed by atoms with Crippen molar-refractivity contribution >= 4 is 16.3 Å². The minimum absolute atomic E-state index is 0.254. The molecule has 0 aliphatic carbocycles. The maximum atomic E-state index is 10.6. The second-order valence-corrected chi connectivity index (χ2v) is 8.85. The summed E-state index contributed by atoms with van der Waals surface area (Å²) >= 11 is 0. The Balaban J connectivity index is 2.04. The summed E-state index contributed by atoms with van der Waals surface area (Å²) < 4.78 is 35.6. The lowest BCUT2D eigenvalue weighted by Gasteiger charge is -2.06. The van der Waals surface area contributed by atoms with Crippen LogP contribution >= 0.6 is 0 Å². The highest BCUT2D eigenvalue weighted by molar-refractivity contribution is 7.85. The topological polar surface area (TPSA) is 76.0 Å². The molecule has 1 aromatic rings. The number of benzene rings is 1. The average molecular weight is 412 g/mol. The molecule has 0 bridgehead atoms. The van der Waals surface area contributed by atoms with Gasteiger partial charge in [-0.3, -0.25) is 9.55 Å². The van der Waals surface area contributed by atoms with E-state index in [0.29, 0.717) is 13.0 Å². The third-order valence-corrected chi connectivity index (χ3v) is 5.38. The second-order valence-electron chi connectivity index (χ2n) is 7.27. The number of rotatable bonds is 17. The van der Waals surface area contributed by atoms with Crippen LogP contribution in [-0.4, -0.2) is 38.1 Å². The standard InChI is InChI=1S/C22H37NO4S/c1-2-3-4-5-6-7-8-9-10-11-18-27-22-15-13-21(14-16-22)20-23-17-12-19-28(24,25)26/h13-16,20H,2-12,17-19H2,1H3,(H,24,25,26)/b23-20+. The van der Waals surface area contributed by atoms with Crippen LogP contribution in [0.1, 0.15) is 83.1 Å². The Morgan fingerprint density at radius 3 is 2.04 bits per heavy atom. The van der Waals surface area contributed by atoms with E-state index in [1.54, 1.807) is 6.21 Å². The summed E-state index contributed by atoms with van der Waals surface area (Å²) in [5, 5.41) is 0. The number of hydrogen-bond acceptors (Lipinski definition) is 4. The first-order chi connectivity index (χ1) is 13.5. The molecular formula is C22H37NO4S. The van der Waals surface area contributed by atoms with E-state index in [1.807, 2.05) is 24.3 Å². The van der Waals surface area contributed by atoms with E-state index in [0.717, 1.165) is 24.3 Å². The first-order valence-electron chi connectivity index (χ1n) is 10.7. The summed E-state index contributed by atoms with van der Waals surface area (Å²) in [7, 11) is -3.89. The van der Waals surface area contributed by atoms with Gasteiger partial charge in [-0.05, 0) is 42.7 Å². The molecule has 5 nitrogen and oxygen atoms in total. The van der Waals surface area contributed by atoms with Crippen LogP contribution in [0.15, 0.2) is 29.3 Å². The molecule has 6 heteroatoms. The van der Waals surface area contributed by atoms with E-state index >= 15 is 0 Å². The lowest BCUT2D eigenvalue weighted by Crippen LogP contribution is -2.04. The lowest BCUT2D eigenvalue weighted by atomic mass is 10.1. The Kier molecular flexibility index (Phi) is 13.7. The van der Waals surface area contributed by atoms with Crippen molar-refractivity contribution in [2.45, 2.75) is 77.6 Å². The van der Waals surface area contributed by atoms with Crippen LogP contribution < -0.4 is 4.74 Å². The molecule has 0 unspecified atom stereocenters. The van der Waals surface area contributed by atoms with Gasteiger partial charge in [0.2, 0.25) is 0 Å². The Morgan fingerprint density at radius 2 is 1.46 bits per heavy atom. The molecule has 0 radical (unpaired) electrons. The van der Waals surface area contributed by atoms with Crippen LogP contribution in [0.4, 0.5) is 0 Å². The van der Waals surface area contributed by atoms with Gasteiger partial charge in [0.25, 0.3) is 10.1 Å². The molecule has 0 amide bonds. The first kappa shape index (κ1) is 24.6. The fraction of sp³-hybridized carbons (Fsp3) is 0.682. The van der Waals surface area contributed by atoms with Crippen LogP contribution in [0, 0.1) is 0 Å². The summed E-state index contributed by atoms with van der Waals surface area (Å²) in [5.74, 6) is 0.607. The van der Waals surface area contributed by atoms with Crippen molar-refractivity contribution in [3.8, 4) is 5.75 Å². The highest BCUT2D eigenvalue weighted by Gasteiger charge is 2.02. The minimum atomic E-state index is -3.89. The molecule has 0 fully saturated rings. The summed E-state index contributed by atoms with van der Waals surface area (Å²) in [6.45, 7) is 3.38. The number of aliphatic imine (C=N–C) groups is 1. The van der Waals surface area contributed by atoms with Crippen LogP contribution in [0.2, 0.25) is 0 Å². The third kappa shape index (κ3) is 14.6. The fourth-order valence-electron chi connectivity index (χ4n) is 2.94. The minimum Gasteiger partial charge on any atom is -0.494 e. The van der Waals surface area contributed by atoms with Gasteiger partial charge in [0.05, 0.1) is 12.4 Å². The maximum Gasteiger partial charge on any atom is 0.264 e. The predicted molar refractivity (Wildman–Crippen MR) is 117 cm³/mol. The number of hydrogen-bond donors (Lipinski definition) is 1. The molecule has 0 heterocycles. The molecule has 28 heavy (non-hydrogen) atoms. The Hall–Kier alpha value is -1.40. The van der Waals surface area contributed by atoms with E-state index in [4.69, 9.17) is 9.29 Å². The van der Waals surface area contributed by atoms with Crippen molar-refractivity contribution in [1.82, 2.24) is 0 Å². The highest BCUT2D eigenvalue weighted by Crippen LogP contribution is 2.13. The number of nitrogens with zero attached hydrogens (tertiary/aromatic N) is 1. The largest absolute Gasteiger partial charge is 0.494 e. The normalized spacial score (nSPS) is 11.9. The van der Waals surface area contributed by atoms with Gasteiger partial charge in [-0.1, -0.05) is 64.7 Å². The average Bonchev–Trinajstić information content (AvgIpc) is 2.66. The molecule has 0 saturated carbocycles. The van der Waals surface area contributed by atoms with Crippen molar-refractivity contribution in [1.29, 1.82) is 0 Å². The quantitative estimate of drug-likeness (QED) is 0.203. The third-order valence-electron chi connectivity index (χ3n) is 4.58. The van der Waals surface area contributed by atoms with E-state index in [-0.39, 0.29) is 5.75 Å². The van der Waals surface area contributed by atoms with Crippen molar-refractivity contribution in [3.05, 3.63) is 29.8 Å². The van der Waals surface area contributed by atoms with E-state index in [9.17, 15) is 8.42 Å². The SMILES string of the molecule is CCCCCCCCCCCCOc1ccc(/C=N/CCCS(=O)(=O)O)cc1. The zero-order valence-electron chi connectivity index (χ0n) is 17.3. The van der Waals surface area contributed by atoms with Crippen molar-refractivity contribution < 1.29 is 17.7 Å². The maximum absolute atomic E-state index is 10.6. The molecule has 160 valence electrons. The molecule has 1 aromatic carbocycles. The van der Waals surface area contributed by atoms with Crippen molar-refractivity contribution in [2.24, 2.45) is 4.99 Å². The van der Waals surface area contributed by atoms with Crippen LogP contribution in [0.25, 0.3) is 0 Å². The first-order valence-corrected chi connectivity index (χ1v) is 12.3. The van der Waals surface area contributed by atoms with Gasteiger partial charge in [-0.15, -0.1) is 0 Å². The zero-order valence-corrected chi connectivity index (χ0v) is 18.1. The van der Waals surface area contributed by atoms with Gasteiger partial charge in [-0.2, -0.15) is 8.42 Å². The van der Waals surface area contributed by atoms with Crippen LogP contribution in [0.5, 0.6) is 5.75 Å².